The van der Waals surface area contributed by atoms with Gasteiger partial charge in [-0.3, -0.25) is 14.4 Å². The number of likely N-dealkylation sites (tertiary alicyclic amines) is 1. The molecule has 2 bridgehead atoms. The first-order valence-corrected chi connectivity index (χ1v) is 17.8. The van der Waals surface area contributed by atoms with E-state index in [0.717, 1.165) is 42.9 Å². The van der Waals surface area contributed by atoms with Crippen molar-refractivity contribution in [2.24, 2.45) is 11.8 Å². The van der Waals surface area contributed by atoms with Crippen LogP contribution in [0.3, 0.4) is 0 Å². The molecule has 0 radical (unpaired) electrons. The van der Waals surface area contributed by atoms with Gasteiger partial charge in [-0.05, 0) is 69.9 Å². The van der Waals surface area contributed by atoms with Gasteiger partial charge in [-0.15, -0.1) is 24.9 Å². The molecule has 1 N–H and O–H groups in total. The highest BCUT2D eigenvalue weighted by molar-refractivity contribution is 8.02. The monoisotopic (exact) mass is 658 g/mol. The van der Waals surface area contributed by atoms with E-state index >= 15 is 4.79 Å². The van der Waals surface area contributed by atoms with Gasteiger partial charge in [0.05, 0.1) is 29.2 Å². The van der Waals surface area contributed by atoms with E-state index in [1.165, 1.54) is 0 Å². The second kappa shape index (κ2) is 14.3. The molecule has 47 heavy (non-hydrogen) atoms. The Labute approximate surface area is 284 Å². The van der Waals surface area contributed by atoms with E-state index in [0.29, 0.717) is 19.5 Å². The number of aliphatic hydroxyl groups excluding tert-OH is 1. The summed E-state index contributed by atoms with van der Waals surface area (Å²) in [5.74, 6) is -1.77. The summed E-state index contributed by atoms with van der Waals surface area (Å²) in [6.07, 6.45) is 5.58. The van der Waals surface area contributed by atoms with Crippen molar-refractivity contribution in [3.8, 4) is 0 Å². The molecule has 3 heterocycles. The molecular weight excluding hydrogens is 609 g/mol. The number of rotatable bonds is 15. The SMILES string of the molecule is C=CCN(CCC)C(=O)[C@@H]1[C@H]2C(=O)N([C@H](CO)c3ccccc3)C(C(=O)N(CC=C)c3ccc(N(CC)CC)cc3)C23CC[C@@]1(C)S3. The predicted octanol–water partition coefficient (Wildman–Crippen LogP) is 5.69. The summed E-state index contributed by atoms with van der Waals surface area (Å²) in [6, 6.07) is 15.8. The van der Waals surface area contributed by atoms with Crippen molar-refractivity contribution in [2.75, 3.05) is 49.1 Å². The summed E-state index contributed by atoms with van der Waals surface area (Å²) in [5, 5.41) is 10.9. The average Bonchev–Trinajstić information content (AvgIpc) is 3.65. The van der Waals surface area contributed by atoms with Crippen molar-refractivity contribution in [3.05, 3.63) is 85.5 Å². The molecule has 0 aromatic heterocycles. The Balaban J connectivity index is 1.64. The summed E-state index contributed by atoms with van der Waals surface area (Å²) in [5.41, 5.74) is 2.54. The molecule has 0 aliphatic carbocycles. The molecule has 2 aromatic carbocycles. The van der Waals surface area contributed by atoms with E-state index in [-0.39, 0.29) is 30.9 Å². The smallest absolute Gasteiger partial charge is 0.251 e. The first-order chi connectivity index (χ1) is 22.7. The van der Waals surface area contributed by atoms with Gasteiger partial charge in [0.25, 0.3) is 5.91 Å². The zero-order valence-electron chi connectivity index (χ0n) is 28.3. The minimum atomic E-state index is -0.886. The quantitative estimate of drug-likeness (QED) is 0.248. The lowest BCUT2D eigenvalue weighted by Gasteiger charge is -2.40. The number of aliphatic hydroxyl groups is 1. The Hall–Kier alpha value is -3.56. The lowest BCUT2D eigenvalue weighted by Crippen LogP contribution is -2.56. The fourth-order valence-electron chi connectivity index (χ4n) is 8.33. The number of amides is 3. The van der Waals surface area contributed by atoms with Crippen molar-refractivity contribution >= 4 is 40.9 Å². The first kappa shape index (κ1) is 34.8. The number of fused-ring (bicyclic) bond motifs is 1. The van der Waals surface area contributed by atoms with Crippen molar-refractivity contribution in [2.45, 2.75) is 68.5 Å². The molecule has 8 nitrogen and oxygen atoms in total. The lowest BCUT2D eigenvalue weighted by molar-refractivity contribution is -0.146. The van der Waals surface area contributed by atoms with Crippen LogP contribution in [0.2, 0.25) is 0 Å². The van der Waals surface area contributed by atoms with Crippen molar-refractivity contribution < 1.29 is 19.5 Å². The molecule has 2 unspecified atom stereocenters. The maximum atomic E-state index is 15.2. The van der Waals surface area contributed by atoms with Gasteiger partial charge in [0.15, 0.2) is 0 Å². The van der Waals surface area contributed by atoms with Crippen LogP contribution in [0.25, 0.3) is 0 Å². The summed E-state index contributed by atoms with van der Waals surface area (Å²) in [4.78, 5) is 52.0. The van der Waals surface area contributed by atoms with Crippen LogP contribution < -0.4 is 9.80 Å². The van der Waals surface area contributed by atoms with Gasteiger partial charge < -0.3 is 24.7 Å². The second-order valence-corrected chi connectivity index (χ2v) is 15.0. The third-order valence-corrected chi connectivity index (χ3v) is 12.4. The predicted molar refractivity (Wildman–Crippen MR) is 191 cm³/mol. The molecule has 3 aliphatic rings. The number of nitrogens with zero attached hydrogens (tertiary/aromatic N) is 4. The van der Waals surface area contributed by atoms with Crippen LogP contribution in [0.4, 0.5) is 11.4 Å². The third kappa shape index (κ3) is 5.90. The van der Waals surface area contributed by atoms with E-state index in [1.807, 2.05) is 66.4 Å². The van der Waals surface area contributed by atoms with Crippen LogP contribution in [-0.2, 0) is 14.4 Å². The highest BCUT2D eigenvalue weighted by Crippen LogP contribution is 2.72. The van der Waals surface area contributed by atoms with E-state index in [2.05, 4.69) is 38.8 Å². The first-order valence-electron chi connectivity index (χ1n) is 17.0. The number of anilines is 2. The number of thioether (sulfide) groups is 1. The number of hydrogen-bond donors (Lipinski definition) is 1. The van der Waals surface area contributed by atoms with Gasteiger partial charge in [-0.25, -0.2) is 0 Å². The highest BCUT2D eigenvalue weighted by atomic mass is 32.2. The maximum Gasteiger partial charge on any atom is 0.251 e. The summed E-state index contributed by atoms with van der Waals surface area (Å²) < 4.78 is -1.32. The van der Waals surface area contributed by atoms with E-state index in [1.54, 1.807) is 33.7 Å². The highest BCUT2D eigenvalue weighted by Gasteiger charge is 2.78. The van der Waals surface area contributed by atoms with Crippen molar-refractivity contribution in [1.82, 2.24) is 9.80 Å². The van der Waals surface area contributed by atoms with Gasteiger partial charge in [0, 0.05) is 48.8 Å². The molecule has 6 atom stereocenters. The minimum absolute atomic E-state index is 0.0510. The zero-order valence-corrected chi connectivity index (χ0v) is 29.1. The number of benzene rings is 2. The normalized spacial score (nSPS) is 26.5. The van der Waals surface area contributed by atoms with Gasteiger partial charge in [0.1, 0.15) is 6.04 Å². The molecule has 2 aromatic rings. The number of carbonyl (C=O) groups excluding carboxylic acids is 3. The van der Waals surface area contributed by atoms with Crippen LogP contribution in [-0.4, -0.2) is 87.5 Å². The maximum absolute atomic E-state index is 15.2. The summed E-state index contributed by atoms with van der Waals surface area (Å²) in [7, 11) is 0. The van der Waals surface area contributed by atoms with Crippen molar-refractivity contribution in [3.63, 3.8) is 0 Å². The van der Waals surface area contributed by atoms with Gasteiger partial charge >= 0.3 is 0 Å². The van der Waals surface area contributed by atoms with Crippen LogP contribution in [0, 0.1) is 11.8 Å². The van der Waals surface area contributed by atoms with Crippen LogP contribution in [0.15, 0.2) is 79.9 Å². The van der Waals surface area contributed by atoms with Crippen LogP contribution >= 0.6 is 11.8 Å². The molecule has 3 saturated heterocycles. The molecular formula is C38H50N4O4S. The molecule has 5 rings (SSSR count). The Morgan fingerprint density at radius 1 is 0.979 bits per heavy atom. The second-order valence-electron chi connectivity index (χ2n) is 13.1. The third-order valence-electron chi connectivity index (χ3n) is 10.4. The van der Waals surface area contributed by atoms with Crippen LogP contribution in [0.1, 0.15) is 58.6 Å². The molecule has 252 valence electrons. The lowest BCUT2D eigenvalue weighted by atomic mass is 9.66. The topological polar surface area (TPSA) is 84.4 Å². The average molecular weight is 659 g/mol. The fourth-order valence-corrected chi connectivity index (χ4v) is 10.7. The minimum Gasteiger partial charge on any atom is -0.394 e. The zero-order chi connectivity index (χ0) is 33.9. The van der Waals surface area contributed by atoms with Gasteiger partial charge in [-0.2, -0.15) is 0 Å². The molecule has 3 fully saturated rings. The molecule has 0 saturated carbocycles. The van der Waals surface area contributed by atoms with Crippen LogP contribution in [0.5, 0.6) is 0 Å². The molecule has 1 spiro atoms. The standard InChI is InChI=1S/C38H50N4O4S/c1-7-23-40(24-8-2)34(44)31-32-35(45)42(30(26-43)27-15-13-12-14-16-27)33(38(32)22-21-37(31,6)47-38)36(46)41(25-9-3)29-19-17-28(18-20-29)39(10-4)11-5/h7,9,12-20,30-33,43H,1,3,8,10-11,21-26H2,2,4-6H3/t30-,31+,32+,33?,37-,38?/m1/s1. The van der Waals surface area contributed by atoms with E-state index in [4.69, 9.17) is 0 Å². The Bertz CT molecular complexity index is 1460. The fraction of sp³-hybridized carbons (Fsp3) is 0.500. The van der Waals surface area contributed by atoms with Crippen molar-refractivity contribution in [1.29, 1.82) is 0 Å². The molecule has 3 amide bonds. The largest absolute Gasteiger partial charge is 0.394 e. The Kier molecular flexibility index (Phi) is 10.6. The van der Waals surface area contributed by atoms with E-state index in [9.17, 15) is 14.7 Å². The Morgan fingerprint density at radius 3 is 2.19 bits per heavy atom. The molecule has 3 aliphatic heterocycles. The number of hydrogen-bond acceptors (Lipinski definition) is 6. The number of carbonyl (C=O) groups is 3. The van der Waals surface area contributed by atoms with Gasteiger partial charge in [-0.1, -0.05) is 49.4 Å². The Morgan fingerprint density at radius 2 is 1.62 bits per heavy atom. The summed E-state index contributed by atoms with van der Waals surface area (Å²) >= 11 is 1.65. The van der Waals surface area contributed by atoms with E-state index < -0.39 is 33.4 Å². The molecule has 9 heteroatoms. The van der Waals surface area contributed by atoms with Gasteiger partial charge in [0.2, 0.25) is 11.8 Å². The summed E-state index contributed by atoms with van der Waals surface area (Å²) in [6.45, 7) is 18.8.